The first-order valence-electron chi connectivity index (χ1n) is 9.41. The van der Waals surface area contributed by atoms with Gasteiger partial charge in [0.1, 0.15) is 17.3 Å². The Bertz CT molecular complexity index is 886. The second-order valence-corrected chi connectivity index (χ2v) is 6.30. The van der Waals surface area contributed by atoms with Crippen LogP contribution in [0, 0.1) is 6.92 Å². The van der Waals surface area contributed by atoms with Crippen LogP contribution in [0.4, 0.5) is 5.69 Å². The van der Waals surface area contributed by atoms with Gasteiger partial charge in [-0.15, -0.1) is 0 Å². The lowest BCUT2D eigenvalue weighted by molar-refractivity contribution is -0.116. The van der Waals surface area contributed by atoms with Crippen LogP contribution in [0.1, 0.15) is 25.6 Å². The predicted octanol–water partition coefficient (Wildman–Crippen LogP) is 4.38. The Kier molecular flexibility index (Phi) is 6.68. The number of aromatic nitrogens is 2. The fourth-order valence-corrected chi connectivity index (χ4v) is 2.80. The van der Waals surface area contributed by atoms with Gasteiger partial charge >= 0.3 is 0 Å². The molecule has 0 radical (unpaired) electrons. The standard InChI is InChI=1S/C22H25N3O3/c1-3-27-20-10-12-21(13-11-20)28-16-4-5-22(26)24-18-6-8-19(9-7-18)25-15-14-23-17(25)2/h6-15H,3-5,16H2,1-2H3,(H,24,26). The maximum absolute atomic E-state index is 12.1. The van der Waals surface area contributed by atoms with Crippen LogP contribution in [0.15, 0.2) is 60.9 Å². The number of carbonyl (C=O) groups is 1. The van der Waals surface area contributed by atoms with Crippen LogP contribution >= 0.6 is 0 Å². The Morgan fingerprint density at radius 3 is 2.32 bits per heavy atom. The number of hydrogen-bond acceptors (Lipinski definition) is 4. The van der Waals surface area contributed by atoms with Crippen molar-refractivity contribution in [2.45, 2.75) is 26.7 Å². The lowest BCUT2D eigenvalue weighted by Gasteiger charge is -2.09. The van der Waals surface area contributed by atoms with E-state index < -0.39 is 0 Å². The van der Waals surface area contributed by atoms with Crippen molar-refractivity contribution >= 4 is 11.6 Å². The van der Waals surface area contributed by atoms with Gasteiger partial charge < -0.3 is 19.4 Å². The highest BCUT2D eigenvalue weighted by atomic mass is 16.5. The van der Waals surface area contributed by atoms with Crippen LogP contribution in [0.5, 0.6) is 11.5 Å². The number of aryl methyl sites for hydroxylation is 1. The molecule has 0 aliphatic rings. The van der Waals surface area contributed by atoms with Gasteiger partial charge in [0.25, 0.3) is 0 Å². The van der Waals surface area contributed by atoms with Crippen molar-refractivity contribution in [3.8, 4) is 17.2 Å². The van der Waals surface area contributed by atoms with Crippen molar-refractivity contribution in [3.63, 3.8) is 0 Å². The topological polar surface area (TPSA) is 65.4 Å². The van der Waals surface area contributed by atoms with Crippen LogP contribution in [0.3, 0.4) is 0 Å². The molecule has 146 valence electrons. The number of benzene rings is 2. The molecule has 6 heteroatoms. The van der Waals surface area contributed by atoms with E-state index in [2.05, 4.69) is 10.3 Å². The van der Waals surface area contributed by atoms with Gasteiger partial charge in [0.2, 0.25) is 5.91 Å². The zero-order chi connectivity index (χ0) is 19.8. The molecule has 0 saturated carbocycles. The van der Waals surface area contributed by atoms with E-state index >= 15 is 0 Å². The minimum absolute atomic E-state index is 0.0261. The number of amides is 1. The summed E-state index contributed by atoms with van der Waals surface area (Å²) in [5, 5.41) is 2.91. The Hall–Kier alpha value is -3.28. The molecule has 0 fully saturated rings. The quantitative estimate of drug-likeness (QED) is 0.561. The molecule has 3 aromatic rings. The first-order chi connectivity index (χ1) is 13.7. The highest BCUT2D eigenvalue weighted by Gasteiger charge is 2.05. The average molecular weight is 379 g/mol. The number of anilines is 1. The van der Waals surface area contributed by atoms with Gasteiger partial charge in [-0.1, -0.05) is 0 Å². The summed E-state index contributed by atoms with van der Waals surface area (Å²) in [4.78, 5) is 16.3. The molecule has 0 bridgehead atoms. The molecule has 0 aliphatic carbocycles. The van der Waals surface area contributed by atoms with Crippen LogP contribution in [-0.4, -0.2) is 28.7 Å². The van der Waals surface area contributed by atoms with E-state index in [1.807, 2.05) is 73.1 Å². The Labute approximate surface area is 165 Å². The molecule has 0 spiro atoms. The van der Waals surface area contributed by atoms with Crippen molar-refractivity contribution in [1.29, 1.82) is 0 Å². The van der Waals surface area contributed by atoms with Crippen LogP contribution in [0.25, 0.3) is 5.69 Å². The average Bonchev–Trinajstić information content (AvgIpc) is 3.13. The number of hydrogen-bond donors (Lipinski definition) is 1. The summed E-state index contributed by atoms with van der Waals surface area (Å²) in [6.07, 6.45) is 4.72. The van der Waals surface area contributed by atoms with E-state index in [1.165, 1.54) is 0 Å². The molecule has 2 aromatic carbocycles. The smallest absolute Gasteiger partial charge is 0.224 e. The Morgan fingerprint density at radius 1 is 1.04 bits per heavy atom. The Morgan fingerprint density at radius 2 is 1.71 bits per heavy atom. The molecule has 0 unspecified atom stereocenters. The molecule has 1 heterocycles. The molecule has 0 aliphatic heterocycles. The van der Waals surface area contributed by atoms with Gasteiger partial charge in [0.05, 0.1) is 13.2 Å². The third-order valence-corrected chi connectivity index (χ3v) is 4.21. The molecule has 1 amide bonds. The number of carbonyl (C=O) groups excluding carboxylic acids is 1. The number of imidazole rings is 1. The van der Waals surface area contributed by atoms with E-state index in [0.29, 0.717) is 26.1 Å². The summed E-state index contributed by atoms with van der Waals surface area (Å²) in [5.74, 6) is 2.49. The number of ether oxygens (including phenoxy) is 2. The molecule has 0 atom stereocenters. The van der Waals surface area contributed by atoms with Gasteiger partial charge in [-0.3, -0.25) is 4.79 Å². The third-order valence-electron chi connectivity index (χ3n) is 4.21. The summed E-state index contributed by atoms with van der Waals surface area (Å²) in [5.41, 5.74) is 1.79. The molecular weight excluding hydrogens is 354 g/mol. The van der Waals surface area contributed by atoms with Crippen molar-refractivity contribution in [2.75, 3.05) is 18.5 Å². The van der Waals surface area contributed by atoms with Crippen LogP contribution in [0.2, 0.25) is 0 Å². The molecule has 6 nitrogen and oxygen atoms in total. The maximum atomic E-state index is 12.1. The van der Waals surface area contributed by atoms with Gasteiger partial charge in [0, 0.05) is 30.2 Å². The lowest BCUT2D eigenvalue weighted by atomic mass is 10.2. The highest BCUT2D eigenvalue weighted by molar-refractivity contribution is 5.90. The van der Waals surface area contributed by atoms with E-state index in [-0.39, 0.29) is 5.91 Å². The third kappa shape index (κ3) is 5.36. The zero-order valence-corrected chi connectivity index (χ0v) is 16.2. The molecule has 0 saturated heterocycles. The first kappa shape index (κ1) is 19.5. The minimum Gasteiger partial charge on any atom is -0.494 e. The largest absolute Gasteiger partial charge is 0.494 e. The van der Waals surface area contributed by atoms with E-state index in [4.69, 9.17) is 9.47 Å². The SMILES string of the molecule is CCOc1ccc(OCCCC(=O)Nc2ccc(-n3ccnc3C)cc2)cc1. The summed E-state index contributed by atoms with van der Waals surface area (Å²) < 4.78 is 13.0. The summed E-state index contributed by atoms with van der Waals surface area (Å²) >= 11 is 0. The molecule has 1 N–H and O–H groups in total. The van der Waals surface area contributed by atoms with E-state index in [1.54, 1.807) is 6.20 Å². The summed E-state index contributed by atoms with van der Waals surface area (Å²) in [6, 6.07) is 15.2. The monoisotopic (exact) mass is 379 g/mol. The van der Waals surface area contributed by atoms with Gasteiger partial charge in [-0.25, -0.2) is 4.98 Å². The zero-order valence-electron chi connectivity index (χ0n) is 16.2. The molecule has 28 heavy (non-hydrogen) atoms. The van der Waals surface area contributed by atoms with E-state index in [9.17, 15) is 4.79 Å². The van der Waals surface area contributed by atoms with E-state index in [0.717, 1.165) is 28.7 Å². The summed E-state index contributed by atoms with van der Waals surface area (Å²) in [7, 11) is 0. The number of nitrogens with one attached hydrogen (secondary N) is 1. The fourth-order valence-electron chi connectivity index (χ4n) is 2.80. The number of rotatable bonds is 9. The minimum atomic E-state index is -0.0261. The lowest BCUT2D eigenvalue weighted by Crippen LogP contribution is -2.12. The first-order valence-corrected chi connectivity index (χ1v) is 9.41. The van der Waals surface area contributed by atoms with Crippen molar-refractivity contribution in [1.82, 2.24) is 9.55 Å². The molecule has 3 rings (SSSR count). The second kappa shape index (κ2) is 9.60. The van der Waals surface area contributed by atoms with Crippen molar-refractivity contribution in [2.24, 2.45) is 0 Å². The predicted molar refractivity (Wildman–Crippen MR) is 109 cm³/mol. The van der Waals surface area contributed by atoms with Crippen LogP contribution in [-0.2, 0) is 4.79 Å². The maximum Gasteiger partial charge on any atom is 0.224 e. The van der Waals surface area contributed by atoms with Gasteiger partial charge in [0.15, 0.2) is 0 Å². The normalized spacial score (nSPS) is 10.5. The molecule has 1 aromatic heterocycles. The van der Waals surface area contributed by atoms with Gasteiger partial charge in [-0.05, 0) is 68.8 Å². The number of nitrogens with zero attached hydrogens (tertiary/aromatic N) is 2. The highest BCUT2D eigenvalue weighted by Crippen LogP contribution is 2.18. The second-order valence-electron chi connectivity index (χ2n) is 6.30. The van der Waals surface area contributed by atoms with Gasteiger partial charge in [-0.2, -0.15) is 0 Å². The Balaban J connectivity index is 1.40. The van der Waals surface area contributed by atoms with Crippen LogP contribution < -0.4 is 14.8 Å². The van der Waals surface area contributed by atoms with Crippen molar-refractivity contribution < 1.29 is 14.3 Å². The fraction of sp³-hybridized carbons (Fsp3) is 0.273. The summed E-state index contributed by atoms with van der Waals surface area (Å²) in [6.45, 7) is 5.02. The van der Waals surface area contributed by atoms with Crippen molar-refractivity contribution in [3.05, 3.63) is 66.7 Å². The molecular formula is C22H25N3O3.